The zero-order valence-electron chi connectivity index (χ0n) is 13.6. The number of benzene rings is 1. The van der Waals surface area contributed by atoms with Gasteiger partial charge in [0.25, 0.3) is 0 Å². The van der Waals surface area contributed by atoms with Gasteiger partial charge in [-0.25, -0.2) is 0 Å². The number of likely N-dealkylation sites (tertiary alicyclic amines) is 1. The second-order valence-electron chi connectivity index (χ2n) is 7.05. The van der Waals surface area contributed by atoms with Crippen molar-refractivity contribution in [3.8, 4) is 0 Å². The molecule has 1 heterocycles. The Balaban J connectivity index is 1.65. The fourth-order valence-corrected chi connectivity index (χ4v) is 4.34. The molecular formula is C20H30N. The molecule has 1 aliphatic heterocycles. The van der Waals surface area contributed by atoms with Crippen LogP contribution in [-0.4, -0.2) is 24.5 Å². The van der Waals surface area contributed by atoms with Crippen molar-refractivity contribution in [2.24, 2.45) is 5.92 Å². The molecule has 1 aromatic carbocycles. The van der Waals surface area contributed by atoms with Gasteiger partial charge in [0.05, 0.1) is 0 Å². The maximum absolute atomic E-state index is 2.71. The van der Waals surface area contributed by atoms with Crippen molar-refractivity contribution in [3.63, 3.8) is 0 Å². The summed E-state index contributed by atoms with van der Waals surface area (Å²) in [5, 5.41) is 0. The average molecular weight is 284 g/mol. The Labute approximate surface area is 130 Å². The van der Waals surface area contributed by atoms with E-state index in [1.807, 2.05) is 5.92 Å². The summed E-state index contributed by atoms with van der Waals surface area (Å²) in [5.74, 6) is 3.31. The van der Waals surface area contributed by atoms with Crippen molar-refractivity contribution in [1.82, 2.24) is 4.90 Å². The fraction of sp³-hybridized carbons (Fsp3) is 0.650. The van der Waals surface area contributed by atoms with Crippen LogP contribution in [0.1, 0.15) is 63.4 Å². The summed E-state index contributed by atoms with van der Waals surface area (Å²) in [6.45, 7) is 6.42. The van der Waals surface area contributed by atoms with Crippen LogP contribution in [0.4, 0.5) is 0 Å². The predicted octanol–water partition coefficient (Wildman–Crippen LogP) is 5.04. The van der Waals surface area contributed by atoms with Gasteiger partial charge in [-0.3, -0.25) is 0 Å². The molecule has 2 aliphatic rings. The molecule has 2 fully saturated rings. The Kier molecular flexibility index (Phi) is 5.35. The highest BCUT2D eigenvalue weighted by atomic mass is 15.1. The third-order valence-corrected chi connectivity index (χ3v) is 5.47. The van der Waals surface area contributed by atoms with Gasteiger partial charge in [0.1, 0.15) is 0 Å². The molecule has 1 saturated carbocycles. The lowest BCUT2D eigenvalue weighted by molar-refractivity contribution is 0.194. The van der Waals surface area contributed by atoms with Crippen LogP contribution >= 0.6 is 0 Å². The largest absolute Gasteiger partial charge is 0.303 e. The van der Waals surface area contributed by atoms with Crippen molar-refractivity contribution in [2.45, 2.75) is 57.8 Å². The van der Waals surface area contributed by atoms with Crippen molar-refractivity contribution < 1.29 is 0 Å². The Bertz CT molecular complexity index is 407. The van der Waals surface area contributed by atoms with Gasteiger partial charge in [-0.1, -0.05) is 56.5 Å². The van der Waals surface area contributed by atoms with Crippen LogP contribution in [0.25, 0.3) is 0 Å². The molecule has 0 aromatic heterocycles. The van der Waals surface area contributed by atoms with Crippen LogP contribution in [-0.2, 0) is 0 Å². The summed E-state index contributed by atoms with van der Waals surface area (Å²) in [6.07, 6.45) is 9.78. The summed E-state index contributed by atoms with van der Waals surface area (Å²) in [5.41, 5.74) is 1.55. The van der Waals surface area contributed by atoms with Crippen LogP contribution in [0, 0.1) is 11.8 Å². The first-order chi connectivity index (χ1) is 10.3. The van der Waals surface area contributed by atoms with E-state index in [1.54, 1.807) is 5.56 Å². The Morgan fingerprint density at radius 2 is 1.76 bits per heavy atom. The highest BCUT2D eigenvalue weighted by molar-refractivity contribution is 5.27. The smallest absolute Gasteiger partial charge is 0.00128 e. The van der Waals surface area contributed by atoms with E-state index < -0.39 is 0 Å². The highest BCUT2D eigenvalue weighted by Crippen LogP contribution is 2.43. The number of hydrogen-bond acceptors (Lipinski definition) is 1. The number of nitrogens with zero attached hydrogens (tertiary/aromatic N) is 1. The second kappa shape index (κ2) is 7.45. The molecule has 1 saturated heterocycles. The molecule has 1 nitrogen and oxygen atoms in total. The van der Waals surface area contributed by atoms with Gasteiger partial charge in [0.2, 0.25) is 0 Å². The summed E-state index contributed by atoms with van der Waals surface area (Å²) >= 11 is 0. The quantitative estimate of drug-likeness (QED) is 0.748. The molecule has 0 amide bonds. The minimum atomic E-state index is 0.722. The Morgan fingerprint density at radius 3 is 2.52 bits per heavy atom. The van der Waals surface area contributed by atoms with Gasteiger partial charge >= 0.3 is 0 Å². The van der Waals surface area contributed by atoms with Crippen LogP contribution in [0.15, 0.2) is 30.3 Å². The molecule has 0 N–H and O–H groups in total. The first-order valence-electron chi connectivity index (χ1n) is 8.97. The zero-order chi connectivity index (χ0) is 14.5. The van der Waals surface area contributed by atoms with E-state index in [0.717, 1.165) is 11.8 Å². The topological polar surface area (TPSA) is 3.24 Å². The van der Waals surface area contributed by atoms with Gasteiger partial charge in [0, 0.05) is 6.54 Å². The van der Waals surface area contributed by atoms with Gasteiger partial charge in [0.15, 0.2) is 0 Å². The number of rotatable bonds is 4. The highest BCUT2D eigenvalue weighted by Gasteiger charge is 2.31. The van der Waals surface area contributed by atoms with Crippen LogP contribution in [0.5, 0.6) is 0 Å². The van der Waals surface area contributed by atoms with E-state index in [1.165, 1.54) is 64.6 Å². The molecule has 21 heavy (non-hydrogen) atoms. The van der Waals surface area contributed by atoms with Crippen LogP contribution in [0.3, 0.4) is 0 Å². The van der Waals surface area contributed by atoms with Gasteiger partial charge < -0.3 is 4.90 Å². The molecular weight excluding hydrogens is 254 g/mol. The molecule has 2 unspecified atom stereocenters. The monoisotopic (exact) mass is 284 g/mol. The average Bonchev–Trinajstić information content (AvgIpc) is 2.56. The van der Waals surface area contributed by atoms with E-state index in [9.17, 15) is 0 Å². The third kappa shape index (κ3) is 3.88. The molecule has 1 aromatic rings. The van der Waals surface area contributed by atoms with E-state index >= 15 is 0 Å². The van der Waals surface area contributed by atoms with Crippen molar-refractivity contribution in [3.05, 3.63) is 41.8 Å². The molecule has 0 spiro atoms. The lowest BCUT2D eigenvalue weighted by Gasteiger charge is -2.38. The van der Waals surface area contributed by atoms with Crippen molar-refractivity contribution in [1.29, 1.82) is 0 Å². The van der Waals surface area contributed by atoms with E-state index in [2.05, 4.69) is 42.2 Å². The zero-order valence-corrected chi connectivity index (χ0v) is 13.6. The third-order valence-electron chi connectivity index (χ3n) is 5.47. The molecule has 1 heteroatoms. The summed E-state index contributed by atoms with van der Waals surface area (Å²) in [4.78, 5) is 2.71. The Morgan fingerprint density at radius 1 is 1.00 bits per heavy atom. The second-order valence-corrected chi connectivity index (χ2v) is 7.05. The SMILES string of the molecule is CC(CN1CCCCC1)[C]1CCCCC1c1ccccc1. The minimum Gasteiger partial charge on any atom is -0.303 e. The number of piperidine rings is 1. The Hall–Kier alpha value is -0.820. The maximum atomic E-state index is 2.71. The molecule has 1 aliphatic carbocycles. The summed E-state index contributed by atoms with van der Waals surface area (Å²) in [6, 6.07) is 11.2. The van der Waals surface area contributed by atoms with Crippen LogP contribution in [0.2, 0.25) is 0 Å². The predicted molar refractivity (Wildman–Crippen MR) is 90.3 cm³/mol. The van der Waals surface area contributed by atoms with Gasteiger partial charge in [-0.15, -0.1) is 0 Å². The van der Waals surface area contributed by atoms with E-state index in [-0.39, 0.29) is 0 Å². The summed E-state index contributed by atoms with van der Waals surface area (Å²) < 4.78 is 0. The van der Waals surface area contributed by atoms with Crippen LogP contribution < -0.4 is 0 Å². The lowest BCUT2D eigenvalue weighted by atomic mass is 9.70. The standard InChI is InChI=1S/C20H30N/c1-17(16-21-14-8-3-9-15-21)19-12-6-7-13-20(19)18-10-4-2-5-11-18/h2,4-5,10-11,17,20H,3,6-9,12-16H2,1H3. The first-order valence-corrected chi connectivity index (χ1v) is 8.97. The summed E-state index contributed by atoms with van der Waals surface area (Å²) in [7, 11) is 0. The minimum absolute atomic E-state index is 0.722. The van der Waals surface area contributed by atoms with Gasteiger partial charge in [-0.05, 0) is 62.1 Å². The fourth-order valence-electron chi connectivity index (χ4n) is 4.34. The lowest BCUT2D eigenvalue weighted by Crippen LogP contribution is -2.36. The van der Waals surface area contributed by atoms with E-state index in [4.69, 9.17) is 0 Å². The van der Waals surface area contributed by atoms with Crippen molar-refractivity contribution in [2.75, 3.05) is 19.6 Å². The van der Waals surface area contributed by atoms with Gasteiger partial charge in [-0.2, -0.15) is 0 Å². The van der Waals surface area contributed by atoms with E-state index in [0.29, 0.717) is 0 Å². The molecule has 0 bridgehead atoms. The van der Waals surface area contributed by atoms with Crippen molar-refractivity contribution >= 4 is 0 Å². The normalized spacial score (nSPS) is 26.6. The number of hydrogen-bond donors (Lipinski definition) is 0. The molecule has 3 rings (SSSR count). The molecule has 1 radical (unpaired) electrons. The maximum Gasteiger partial charge on any atom is 0.00128 e. The molecule has 115 valence electrons. The molecule has 2 atom stereocenters. The first kappa shape index (κ1) is 15.1.